The molecule has 2 aromatic carbocycles. The first kappa shape index (κ1) is 14.4. The highest BCUT2D eigenvalue weighted by Gasteiger charge is 2.12. The number of hydrogen-bond acceptors (Lipinski definition) is 3. The summed E-state index contributed by atoms with van der Waals surface area (Å²) in [6, 6.07) is 13.8. The highest BCUT2D eigenvalue weighted by molar-refractivity contribution is 6.12. The molecule has 0 aliphatic carbocycles. The van der Waals surface area contributed by atoms with E-state index in [1.54, 1.807) is 42.5 Å². The van der Waals surface area contributed by atoms with Crippen LogP contribution in [-0.4, -0.2) is 11.7 Å². The van der Waals surface area contributed by atoms with Crippen LogP contribution in [0, 0.1) is 11.8 Å². The summed E-state index contributed by atoms with van der Waals surface area (Å²) in [6.45, 7) is 0. The maximum atomic E-state index is 12.4. The molecular weight excluding hydrogens is 264 g/mol. The minimum atomic E-state index is -0.487. The zero-order chi connectivity index (χ0) is 15.2. The lowest BCUT2D eigenvalue weighted by Gasteiger charge is -2.05. The van der Waals surface area contributed by atoms with Gasteiger partial charge in [-0.25, -0.2) is 0 Å². The number of primary amides is 1. The number of carbonyl (C=O) groups is 2. The van der Waals surface area contributed by atoms with Gasteiger partial charge >= 0.3 is 0 Å². The molecule has 0 aromatic heterocycles. The van der Waals surface area contributed by atoms with Crippen LogP contribution >= 0.6 is 0 Å². The molecular formula is C17H14N2O2. The summed E-state index contributed by atoms with van der Waals surface area (Å²) < 4.78 is 0. The Balaban J connectivity index is 2.33. The molecule has 104 valence electrons. The first-order valence-corrected chi connectivity index (χ1v) is 6.34. The van der Waals surface area contributed by atoms with Crippen LogP contribution in [0.1, 0.15) is 27.9 Å². The van der Waals surface area contributed by atoms with Crippen LogP contribution in [0.15, 0.2) is 48.5 Å². The number of hydrogen-bond donors (Lipinski definition) is 2. The fourth-order valence-corrected chi connectivity index (χ4v) is 1.81. The van der Waals surface area contributed by atoms with Gasteiger partial charge in [-0.05, 0) is 18.2 Å². The van der Waals surface area contributed by atoms with E-state index in [0.717, 1.165) is 0 Å². The monoisotopic (exact) mass is 278 g/mol. The number of amides is 1. The van der Waals surface area contributed by atoms with Gasteiger partial charge in [0, 0.05) is 22.4 Å². The summed E-state index contributed by atoms with van der Waals surface area (Å²) in [4.78, 5) is 23.0. The van der Waals surface area contributed by atoms with Gasteiger partial charge < -0.3 is 11.5 Å². The average Bonchev–Trinajstić information content (AvgIpc) is 2.49. The second-order valence-electron chi connectivity index (χ2n) is 4.44. The SMILES string of the molecule is NC(=O)CC#Cc1ccc(N)c(C(=O)c2ccccc2)c1. The first-order valence-electron chi connectivity index (χ1n) is 6.34. The van der Waals surface area contributed by atoms with E-state index in [-0.39, 0.29) is 12.2 Å². The van der Waals surface area contributed by atoms with E-state index in [1.807, 2.05) is 6.07 Å². The Morgan fingerprint density at radius 2 is 1.76 bits per heavy atom. The Hall–Kier alpha value is -3.06. The van der Waals surface area contributed by atoms with Crippen LogP contribution in [0.4, 0.5) is 5.69 Å². The molecule has 2 aromatic rings. The fraction of sp³-hybridized carbons (Fsp3) is 0.0588. The van der Waals surface area contributed by atoms with E-state index in [4.69, 9.17) is 11.5 Å². The summed E-state index contributed by atoms with van der Waals surface area (Å²) in [6.07, 6.45) is -0.0215. The van der Waals surface area contributed by atoms with Crippen LogP contribution in [0.25, 0.3) is 0 Å². The van der Waals surface area contributed by atoms with Crippen molar-refractivity contribution in [1.82, 2.24) is 0 Å². The van der Waals surface area contributed by atoms with Crippen molar-refractivity contribution in [1.29, 1.82) is 0 Å². The number of rotatable bonds is 3. The van der Waals surface area contributed by atoms with Gasteiger partial charge in [-0.3, -0.25) is 9.59 Å². The van der Waals surface area contributed by atoms with Crippen molar-refractivity contribution in [2.24, 2.45) is 5.73 Å². The zero-order valence-corrected chi connectivity index (χ0v) is 11.3. The third kappa shape index (κ3) is 3.71. The van der Waals surface area contributed by atoms with Crippen LogP contribution in [0.2, 0.25) is 0 Å². The molecule has 0 heterocycles. The summed E-state index contributed by atoms with van der Waals surface area (Å²) >= 11 is 0. The standard InChI is InChI=1S/C17H14N2O2/c18-15-10-9-12(5-4-8-16(19)20)11-14(15)17(21)13-6-2-1-3-7-13/h1-3,6-7,9-11H,8,18H2,(H2,19,20). The van der Waals surface area contributed by atoms with Gasteiger partial charge in [-0.2, -0.15) is 0 Å². The second-order valence-corrected chi connectivity index (χ2v) is 4.44. The van der Waals surface area contributed by atoms with E-state index < -0.39 is 5.91 Å². The number of nitrogens with two attached hydrogens (primary N) is 2. The number of nitrogen functional groups attached to an aromatic ring is 1. The van der Waals surface area contributed by atoms with Crippen LogP contribution in [-0.2, 0) is 4.79 Å². The summed E-state index contributed by atoms with van der Waals surface area (Å²) in [5.41, 5.74) is 12.8. The third-order valence-corrected chi connectivity index (χ3v) is 2.83. The Morgan fingerprint density at radius 3 is 2.43 bits per heavy atom. The third-order valence-electron chi connectivity index (χ3n) is 2.83. The van der Waals surface area contributed by atoms with E-state index in [0.29, 0.717) is 22.4 Å². The smallest absolute Gasteiger partial charge is 0.229 e. The fourth-order valence-electron chi connectivity index (χ4n) is 1.81. The number of carbonyl (C=O) groups excluding carboxylic acids is 2. The average molecular weight is 278 g/mol. The van der Waals surface area contributed by atoms with Crippen molar-refractivity contribution in [3.63, 3.8) is 0 Å². The van der Waals surface area contributed by atoms with Gasteiger partial charge in [0.2, 0.25) is 5.91 Å². The van der Waals surface area contributed by atoms with Crippen LogP contribution < -0.4 is 11.5 Å². The minimum Gasteiger partial charge on any atom is -0.398 e. The van der Waals surface area contributed by atoms with E-state index in [1.165, 1.54) is 0 Å². The van der Waals surface area contributed by atoms with Crippen molar-refractivity contribution in [3.8, 4) is 11.8 Å². The molecule has 21 heavy (non-hydrogen) atoms. The quantitative estimate of drug-likeness (QED) is 0.509. The minimum absolute atomic E-state index is 0.0215. The highest BCUT2D eigenvalue weighted by atomic mass is 16.1. The Bertz CT molecular complexity index is 740. The molecule has 0 bridgehead atoms. The van der Waals surface area contributed by atoms with Crippen LogP contribution in [0.5, 0.6) is 0 Å². The van der Waals surface area contributed by atoms with E-state index >= 15 is 0 Å². The molecule has 4 N–H and O–H groups in total. The van der Waals surface area contributed by atoms with E-state index in [9.17, 15) is 9.59 Å². The normalized spacial score (nSPS) is 9.52. The molecule has 0 radical (unpaired) electrons. The molecule has 0 saturated heterocycles. The highest BCUT2D eigenvalue weighted by Crippen LogP contribution is 2.18. The Morgan fingerprint density at radius 1 is 1.05 bits per heavy atom. The maximum Gasteiger partial charge on any atom is 0.229 e. The summed E-state index contributed by atoms with van der Waals surface area (Å²) in [5.74, 6) is 4.79. The lowest BCUT2D eigenvalue weighted by molar-refractivity contribution is -0.117. The lowest BCUT2D eigenvalue weighted by atomic mass is 10.00. The van der Waals surface area contributed by atoms with Gasteiger partial charge in [0.05, 0.1) is 6.42 Å². The number of benzene rings is 2. The largest absolute Gasteiger partial charge is 0.398 e. The van der Waals surface area contributed by atoms with Crippen molar-refractivity contribution in [2.75, 3.05) is 5.73 Å². The predicted molar refractivity (Wildman–Crippen MR) is 81.4 cm³/mol. The molecule has 1 amide bonds. The van der Waals surface area contributed by atoms with Crippen molar-refractivity contribution in [3.05, 3.63) is 65.2 Å². The van der Waals surface area contributed by atoms with Crippen molar-refractivity contribution < 1.29 is 9.59 Å². The molecule has 0 atom stereocenters. The number of ketones is 1. The molecule has 4 nitrogen and oxygen atoms in total. The van der Waals surface area contributed by atoms with Gasteiger partial charge in [0.1, 0.15) is 0 Å². The first-order chi connectivity index (χ1) is 10.1. The predicted octanol–water partition coefficient (Wildman–Crippen LogP) is 1.73. The molecule has 0 spiro atoms. The molecule has 2 rings (SSSR count). The van der Waals surface area contributed by atoms with Gasteiger partial charge in [0.25, 0.3) is 0 Å². The van der Waals surface area contributed by atoms with Crippen molar-refractivity contribution >= 4 is 17.4 Å². The Kier molecular flexibility index (Phi) is 4.37. The molecule has 0 saturated carbocycles. The summed E-state index contributed by atoms with van der Waals surface area (Å²) in [7, 11) is 0. The molecule has 0 unspecified atom stereocenters. The summed E-state index contributed by atoms with van der Waals surface area (Å²) in [5, 5.41) is 0. The molecule has 0 aliphatic rings. The van der Waals surface area contributed by atoms with Gasteiger partial charge in [-0.15, -0.1) is 0 Å². The second kappa shape index (κ2) is 6.40. The molecule has 0 fully saturated rings. The van der Waals surface area contributed by atoms with Crippen LogP contribution in [0.3, 0.4) is 0 Å². The zero-order valence-electron chi connectivity index (χ0n) is 11.3. The molecule has 0 aliphatic heterocycles. The molecule has 4 heteroatoms. The lowest BCUT2D eigenvalue weighted by Crippen LogP contribution is -2.08. The Labute approximate surface area is 122 Å². The topological polar surface area (TPSA) is 86.2 Å². The van der Waals surface area contributed by atoms with E-state index in [2.05, 4.69) is 11.8 Å². The van der Waals surface area contributed by atoms with Gasteiger partial charge in [-0.1, -0.05) is 42.2 Å². The number of anilines is 1. The van der Waals surface area contributed by atoms with Crippen molar-refractivity contribution in [2.45, 2.75) is 6.42 Å². The van der Waals surface area contributed by atoms with Gasteiger partial charge in [0.15, 0.2) is 5.78 Å². The maximum absolute atomic E-state index is 12.4.